The number of nitrogens with zero attached hydrogens (tertiary/aromatic N) is 3. The summed E-state index contributed by atoms with van der Waals surface area (Å²) in [6, 6.07) is 14.2. The van der Waals surface area contributed by atoms with E-state index in [-0.39, 0.29) is 5.92 Å². The molecule has 9 heteroatoms. The van der Waals surface area contributed by atoms with Gasteiger partial charge in [-0.3, -0.25) is 0 Å². The first-order valence-corrected chi connectivity index (χ1v) is 11.1. The number of nitrogens with two attached hydrogens (primary N) is 1. The van der Waals surface area contributed by atoms with Gasteiger partial charge in [0, 0.05) is 19.3 Å². The Kier molecular flexibility index (Phi) is 6.81. The standard InChI is InChI=1S/C24H21Cl2F3N4/c25-20-8-7-18(14-21(20)26)32-22(30)19-2-1-11-31-23(19)33-12-9-16(10-13-33)15-3-5-17(6-4-15)24(27,28)29/h1-8,11,14,16H,9-10,12-13H2,(H2,30,32). The van der Waals surface area contributed by atoms with E-state index in [4.69, 9.17) is 28.9 Å². The molecule has 1 saturated heterocycles. The zero-order chi connectivity index (χ0) is 23.6. The Morgan fingerprint density at radius 2 is 1.70 bits per heavy atom. The number of halogens is 5. The molecule has 2 heterocycles. The first kappa shape index (κ1) is 23.4. The van der Waals surface area contributed by atoms with Crippen LogP contribution in [0.4, 0.5) is 24.7 Å². The van der Waals surface area contributed by atoms with E-state index in [0.29, 0.717) is 40.2 Å². The number of amidine groups is 1. The Balaban J connectivity index is 1.49. The highest BCUT2D eigenvalue weighted by Crippen LogP contribution is 2.34. The lowest BCUT2D eigenvalue weighted by atomic mass is 9.89. The molecule has 0 aliphatic carbocycles. The van der Waals surface area contributed by atoms with Gasteiger partial charge in [0.25, 0.3) is 0 Å². The van der Waals surface area contributed by atoms with Crippen LogP contribution in [0, 0.1) is 0 Å². The monoisotopic (exact) mass is 492 g/mol. The van der Waals surface area contributed by atoms with Crippen LogP contribution in [0.15, 0.2) is 65.8 Å². The predicted octanol–water partition coefficient (Wildman–Crippen LogP) is 6.83. The van der Waals surface area contributed by atoms with Crippen molar-refractivity contribution >= 4 is 40.5 Å². The van der Waals surface area contributed by atoms with E-state index in [1.165, 1.54) is 0 Å². The van der Waals surface area contributed by atoms with E-state index >= 15 is 0 Å². The molecule has 172 valence electrons. The van der Waals surface area contributed by atoms with Crippen LogP contribution in [0.1, 0.15) is 35.4 Å². The minimum absolute atomic E-state index is 0.193. The fourth-order valence-corrected chi connectivity index (χ4v) is 4.26. The minimum Gasteiger partial charge on any atom is -0.383 e. The molecule has 0 spiro atoms. The summed E-state index contributed by atoms with van der Waals surface area (Å²) in [5, 5.41) is 0.828. The van der Waals surface area contributed by atoms with E-state index in [9.17, 15) is 13.2 Å². The molecule has 1 aliphatic rings. The van der Waals surface area contributed by atoms with E-state index in [0.717, 1.165) is 36.4 Å². The lowest BCUT2D eigenvalue weighted by Gasteiger charge is -2.34. The van der Waals surface area contributed by atoms with Crippen molar-refractivity contribution in [1.82, 2.24) is 4.98 Å². The van der Waals surface area contributed by atoms with Gasteiger partial charge in [-0.2, -0.15) is 13.2 Å². The minimum atomic E-state index is -4.32. The molecule has 1 aliphatic heterocycles. The molecule has 3 aromatic rings. The molecule has 0 amide bonds. The lowest BCUT2D eigenvalue weighted by molar-refractivity contribution is -0.137. The normalized spacial score (nSPS) is 15.7. The van der Waals surface area contributed by atoms with Crippen LogP contribution < -0.4 is 10.6 Å². The predicted molar refractivity (Wildman–Crippen MR) is 127 cm³/mol. The summed E-state index contributed by atoms with van der Waals surface area (Å²) in [7, 11) is 0. The summed E-state index contributed by atoms with van der Waals surface area (Å²) in [6.07, 6.45) is -1.03. The first-order valence-electron chi connectivity index (χ1n) is 10.4. The number of benzene rings is 2. The highest BCUT2D eigenvalue weighted by molar-refractivity contribution is 6.42. The molecular formula is C24H21Cl2F3N4. The van der Waals surface area contributed by atoms with Crippen molar-refractivity contribution in [2.75, 3.05) is 18.0 Å². The van der Waals surface area contributed by atoms with Crippen LogP contribution in [0.5, 0.6) is 0 Å². The van der Waals surface area contributed by atoms with Gasteiger partial charge in [0.15, 0.2) is 0 Å². The summed E-state index contributed by atoms with van der Waals surface area (Å²) in [6.45, 7) is 1.41. The van der Waals surface area contributed by atoms with Gasteiger partial charge in [0.05, 0.1) is 26.9 Å². The Bertz CT molecular complexity index is 1160. The van der Waals surface area contributed by atoms with Crippen molar-refractivity contribution in [1.29, 1.82) is 0 Å². The van der Waals surface area contributed by atoms with Crippen molar-refractivity contribution in [2.45, 2.75) is 24.9 Å². The number of aromatic nitrogens is 1. The fraction of sp³-hybridized carbons (Fsp3) is 0.250. The average Bonchev–Trinajstić information content (AvgIpc) is 2.81. The van der Waals surface area contributed by atoms with Gasteiger partial charge < -0.3 is 10.6 Å². The van der Waals surface area contributed by atoms with Crippen molar-refractivity contribution in [3.05, 3.63) is 87.5 Å². The lowest BCUT2D eigenvalue weighted by Crippen LogP contribution is -2.35. The third-order valence-corrected chi connectivity index (χ3v) is 6.46. The summed E-state index contributed by atoms with van der Waals surface area (Å²) < 4.78 is 38.5. The maximum absolute atomic E-state index is 12.8. The van der Waals surface area contributed by atoms with Crippen LogP contribution in [-0.2, 0) is 6.18 Å². The molecule has 4 rings (SSSR count). The highest BCUT2D eigenvalue weighted by Gasteiger charge is 2.31. The first-order chi connectivity index (χ1) is 15.7. The van der Waals surface area contributed by atoms with Crippen LogP contribution in [0.2, 0.25) is 10.0 Å². The molecule has 4 nitrogen and oxygen atoms in total. The zero-order valence-electron chi connectivity index (χ0n) is 17.5. The van der Waals surface area contributed by atoms with E-state index in [2.05, 4.69) is 14.9 Å². The molecule has 0 saturated carbocycles. The number of aliphatic imine (C=N–C) groups is 1. The second kappa shape index (κ2) is 9.61. The summed E-state index contributed by atoms with van der Waals surface area (Å²) in [4.78, 5) is 11.1. The van der Waals surface area contributed by atoms with Gasteiger partial charge in [-0.25, -0.2) is 9.98 Å². The van der Waals surface area contributed by atoms with Crippen LogP contribution in [0.3, 0.4) is 0 Å². The molecule has 2 N–H and O–H groups in total. The molecule has 0 radical (unpaired) electrons. The quantitative estimate of drug-likeness (QED) is 0.320. The smallest absolute Gasteiger partial charge is 0.383 e. The maximum Gasteiger partial charge on any atom is 0.416 e. The number of anilines is 1. The SMILES string of the molecule is NC(=Nc1ccc(Cl)c(Cl)c1)c1cccnc1N1CCC(c2ccc(C(F)(F)F)cc2)CC1. The van der Waals surface area contributed by atoms with Crippen molar-refractivity contribution < 1.29 is 13.2 Å². The second-order valence-electron chi connectivity index (χ2n) is 7.85. The Morgan fingerprint density at radius 1 is 1.00 bits per heavy atom. The molecule has 33 heavy (non-hydrogen) atoms. The Morgan fingerprint density at radius 3 is 2.33 bits per heavy atom. The molecular weight excluding hydrogens is 472 g/mol. The highest BCUT2D eigenvalue weighted by atomic mass is 35.5. The van der Waals surface area contributed by atoms with Crippen LogP contribution >= 0.6 is 23.2 Å². The van der Waals surface area contributed by atoms with E-state index < -0.39 is 11.7 Å². The van der Waals surface area contributed by atoms with Gasteiger partial charge in [0.1, 0.15) is 11.7 Å². The Labute approximate surface area is 199 Å². The van der Waals surface area contributed by atoms with Crippen LogP contribution in [-0.4, -0.2) is 23.9 Å². The Hall–Kier alpha value is -2.77. The number of alkyl halides is 3. The second-order valence-corrected chi connectivity index (χ2v) is 8.67. The number of hydrogen-bond acceptors (Lipinski definition) is 3. The molecule has 1 fully saturated rings. The third-order valence-electron chi connectivity index (χ3n) is 5.72. The van der Waals surface area contributed by atoms with Crippen molar-refractivity contribution in [3.8, 4) is 0 Å². The maximum atomic E-state index is 12.8. The average molecular weight is 493 g/mol. The van der Waals surface area contributed by atoms with Crippen LogP contribution in [0.25, 0.3) is 0 Å². The molecule has 1 aromatic heterocycles. The largest absolute Gasteiger partial charge is 0.416 e. The van der Waals surface area contributed by atoms with Gasteiger partial charge in [-0.05, 0) is 66.8 Å². The van der Waals surface area contributed by atoms with Gasteiger partial charge in [-0.15, -0.1) is 0 Å². The van der Waals surface area contributed by atoms with Crippen molar-refractivity contribution in [3.63, 3.8) is 0 Å². The molecule has 0 unspecified atom stereocenters. The van der Waals surface area contributed by atoms with Crippen molar-refractivity contribution in [2.24, 2.45) is 10.7 Å². The van der Waals surface area contributed by atoms with Gasteiger partial charge in [-0.1, -0.05) is 35.3 Å². The summed E-state index contributed by atoms with van der Waals surface area (Å²) in [5.41, 5.74) is 7.89. The number of pyridine rings is 1. The van der Waals surface area contributed by atoms with Gasteiger partial charge in [0.2, 0.25) is 0 Å². The molecule has 0 atom stereocenters. The summed E-state index contributed by atoms with van der Waals surface area (Å²) in [5.74, 6) is 1.23. The third kappa shape index (κ3) is 5.42. The summed E-state index contributed by atoms with van der Waals surface area (Å²) >= 11 is 12.0. The van der Waals surface area contributed by atoms with E-state index in [1.807, 2.05) is 6.07 Å². The number of piperidine rings is 1. The zero-order valence-corrected chi connectivity index (χ0v) is 19.0. The fourth-order valence-electron chi connectivity index (χ4n) is 3.97. The molecule has 0 bridgehead atoms. The van der Waals surface area contributed by atoms with Gasteiger partial charge >= 0.3 is 6.18 Å². The number of rotatable bonds is 4. The topological polar surface area (TPSA) is 54.5 Å². The van der Waals surface area contributed by atoms with E-state index in [1.54, 1.807) is 42.6 Å². The number of hydrogen-bond donors (Lipinski definition) is 1. The molecule has 2 aromatic carbocycles.